The van der Waals surface area contributed by atoms with E-state index in [0.717, 1.165) is 45.2 Å². The third-order valence-electron chi connectivity index (χ3n) is 5.86. The Kier molecular flexibility index (Phi) is 5.73. The maximum Gasteiger partial charge on any atom is 0.0810 e. The molecule has 128 valence electrons. The molecule has 0 atom stereocenters. The van der Waals surface area contributed by atoms with Crippen LogP contribution in [-0.4, -0.2) is 61.3 Å². The molecule has 3 nitrogen and oxygen atoms in total. The Morgan fingerprint density at radius 3 is 2.65 bits per heavy atom. The van der Waals surface area contributed by atoms with E-state index < -0.39 is 0 Å². The van der Waals surface area contributed by atoms with Crippen LogP contribution in [0.25, 0.3) is 0 Å². The van der Waals surface area contributed by atoms with Crippen molar-refractivity contribution in [3.63, 3.8) is 0 Å². The van der Waals surface area contributed by atoms with E-state index in [9.17, 15) is 0 Å². The Morgan fingerprint density at radius 2 is 1.96 bits per heavy atom. The Labute approximate surface area is 141 Å². The smallest absolute Gasteiger partial charge is 0.0810 e. The van der Waals surface area contributed by atoms with Crippen LogP contribution in [0.1, 0.15) is 38.2 Å². The van der Waals surface area contributed by atoms with Gasteiger partial charge in [-0.1, -0.05) is 37.3 Å². The van der Waals surface area contributed by atoms with Gasteiger partial charge in [0.1, 0.15) is 0 Å². The summed E-state index contributed by atoms with van der Waals surface area (Å²) in [6.07, 6.45) is 6.17. The molecule has 0 amide bonds. The van der Waals surface area contributed by atoms with Crippen LogP contribution in [0, 0.1) is 0 Å². The summed E-state index contributed by atoms with van der Waals surface area (Å²) in [6.45, 7) is 7.75. The van der Waals surface area contributed by atoms with Crippen LogP contribution < -0.4 is 0 Å². The predicted molar refractivity (Wildman–Crippen MR) is 95.8 cm³/mol. The first-order valence-corrected chi connectivity index (χ1v) is 9.31. The highest BCUT2D eigenvalue weighted by Crippen LogP contribution is 2.36. The van der Waals surface area contributed by atoms with Gasteiger partial charge in [0, 0.05) is 25.7 Å². The first kappa shape index (κ1) is 16.9. The fraction of sp³-hybridized carbons (Fsp3) is 0.700. The van der Waals surface area contributed by atoms with E-state index in [1.807, 2.05) is 0 Å². The summed E-state index contributed by atoms with van der Waals surface area (Å²) in [5, 5.41) is 0. The standard InChI is InChI=1S/C20H32N2O/c1-3-22-15-16-23-20(17-22)12-9-19(10-13-20)21(2)14-11-18-7-5-4-6-8-18/h4-8,19H,3,9-17H2,1-2H3/t19-,20-. The van der Waals surface area contributed by atoms with Crippen LogP contribution in [0.3, 0.4) is 0 Å². The van der Waals surface area contributed by atoms with Gasteiger partial charge in [-0.05, 0) is 51.3 Å². The minimum atomic E-state index is 0.158. The zero-order chi connectivity index (χ0) is 16.1. The lowest BCUT2D eigenvalue weighted by molar-refractivity contribution is -0.132. The highest BCUT2D eigenvalue weighted by atomic mass is 16.5. The molecule has 1 aromatic rings. The van der Waals surface area contributed by atoms with Crippen molar-refractivity contribution in [1.29, 1.82) is 0 Å². The van der Waals surface area contributed by atoms with Gasteiger partial charge >= 0.3 is 0 Å². The van der Waals surface area contributed by atoms with E-state index in [4.69, 9.17) is 4.74 Å². The van der Waals surface area contributed by atoms with Gasteiger partial charge in [0.2, 0.25) is 0 Å². The van der Waals surface area contributed by atoms with Gasteiger partial charge in [0.15, 0.2) is 0 Å². The monoisotopic (exact) mass is 316 g/mol. The van der Waals surface area contributed by atoms with Crippen molar-refractivity contribution in [2.24, 2.45) is 0 Å². The largest absolute Gasteiger partial charge is 0.372 e. The molecule has 0 N–H and O–H groups in total. The fourth-order valence-corrected chi connectivity index (χ4v) is 4.20. The molecule has 0 bridgehead atoms. The Hall–Kier alpha value is -0.900. The molecule has 1 aromatic carbocycles. The minimum Gasteiger partial charge on any atom is -0.372 e. The number of benzene rings is 1. The second-order valence-electron chi connectivity index (χ2n) is 7.35. The summed E-state index contributed by atoms with van der Waals surface area (Å²) < 4.78 is 6.24. The molecule has 1 aliphatic heterocycles. The molecule has 1 saturated heterocycles. The lowest BCUT2D eigenvalue weighted by atomic mass is 9.80. The van der Waals surface area contributed by atoms with Crippen molar-refractivity contribution < 1.29 is 4.74 Å². The highest BCUT2D eigenvalue weighted by Gasteiger charge is 2.40. The van der Waals surface area contributed by atoms with Crippen LogP contribution in [0.2, 0.25) is 0 Å². The molecule has 23 heavy (non-hydrogen) atoms. The molecule has 3 rings (SSSR count). The summed E-state index contributed by atoms with van der Waals surface area (Å²) in [6, 6.07) is 11.6. The summed E-state index contributed by atoms with van der Waals surface area (Å²) in [7, 11) is 2.30. The molecule has 1 heterocycles. The molecule has 1 aliphatic carbocycles. The van der Waals surface area contributed by atoms with Gasteiger partial charge in [0.25, 0.3) is 0 Å². The third kappa shape index (κ3) is 4.34. The van der Waals surface area contributed by atoms with Crippen molar-refractivity contribution in [3.8, 4) is 0 Å². The number of ether oxygens (including phenoxy) is 1. The average Bonchev–Trinajstić information content (AvgIpc) is 2.61. The van der Waals surface area contributed by atoms with Crippen LogP contribution in [-0.2, 0) is 11.2 Å². The fourth-order valence-electron chi connectivity index (χ4n) is 4.20. The highest BCUT2D eigenvalue weighted by molar-refractivity contribution is 5.14. The quantitative estimate of drug-likeness (QED) is 0.830. The van der Waals surface area contributed by atoms with Crippen molar-refractivity contribution in [1.82, 2.24) is 9.80 Å². The van der Waals surface area contributed by atoms with Crippen LogP contribution in [0.5, 0.6) is 0 Å². The topological polar surface area (TPSA) is 15.7 Å². The maximum absolute atomic E-state index is 6.24. The normalized spacial score (nSPS) is 29.3. The Balaban J connectivity index is 1.46. The number of hydrogen-bond donors (Lipinski definition) is 0. The molecule has 0 unspecified atom stereocenters. The maximum atomic E-state index is 6.24. The number of hydrogen-bond acceptors (Lipinski definition) is 3. The first-order valence-electron chi connectivity index (χ1n) is 9.31. The second kappa shape index (κ2) is 7.78. The Morgan fingerprint density at radius 1 is 1.22 bits per heavy atom. The lowest BCUT2D eigenvalue weighted by Gasteiger charge is -2.47. The van der Waals surface area contributed by atoms with Gasteiger partial charge in [-0.3, -0.25) is 4.90 Å². The molecular weight excluding hydrogens is 284 g/mol. The minimum absolute atomic E-state index is 0.158. The summed E-state index contributed by atoms with van der Waals surface area (Å²) in [4.78, 5) is 5.13. The second-order valence-corrected chi connectivity index (χ2v) is 7.35. The molecule has 3 heteroatoms. The SMILES string of the molecule is CCN1CCO[C@]2(CC[C@H](N(C)CCc3ccccc3)CC2)C1. The third-order valence-corrected chi connectivity index (χ3v) is 5.86. The zero-order valence-electron chi connectivity index (χ0n) is 14.8. The van der Waals surface area contributed by atoms with Gasteiger partial charge in [-0.2, -0.15) is 0 Å². The number of rotatable bonds is 5. The molecule has 1 saturated carbocycles. The van der Waals surface area contributed by atoms with Gasteiger partial charge in [0.05, 0.1) is 12.2 Å². The van der Waals surface area contributed by atoms with E-state index in [-0.39, 0.29) is 5.60 Å². The summed E-state index contributed by atoms with van der Waals surface area (Å²) >= 11 is 0. The number of likely N-dealkylation sites (N-methyl/N-ethyl adjacent to an activating group) is 2. The van der Waals surface area contributed by atoms with Crippen LogP contribution in [0.15, 0.2) is 30.3 Å². The van der Waals surface area contributed by atoms with Gasteiger partial charge in [-0.15, -0.1) is 0 Å². The van der Waals surface area contributed by atoms with E-state index in [0.29, 0.717) is 0 Å². The zero-order valence-corrected chi connectivity index (χ0v) is 14.8. The first-order chi connectivity index (χ1) is 11.2. The van der Waals surface area contributed by atoms with Crippen molar-refractivity contribution in [2.75, 3.05) is 39.8 Å². The Bertz CT molecular complexity index is 468. The van der Waals surface area contributed by atoms with Crippen LogP contribution >= 0.6 is 0 Å². The van der Waals surface area contributed by atoms with E-state index >= 15 is 0 Å². The van der Waals surface area contributed by atoms with E-state index in [1.165, 1.54) is 31.2 Å². The predicted octanol–water partition coefficient (Wildman–Crippen LogP) is 3.19. The van der Waals surface area contributed by atoms with E-state index in [2.05, 4.69) is 54.1 Å². The number of morpholine rings is 1. The molecule has 0 radical (unpaired) electrons. The molecule has 2 fully saturated rings. The van der Waals surface area contributed by atoms with Crippen molar-refractivity contribution in [3.05, 3.63) is 35.9 Å². The van der Waals surface area contributed by atoms with Crippen molar-refractivity contribution >= 4 is 0 Å². The summed E-state index contributed by atoms with van der Waals surface area (Å²) in [5.41, 5.74) is 1.60. The molecular formula is C20H32N2O. The molecule has 2 aliphatic rings. The summed E-state index contributed by atoms with van der Waals surface area (Å²) in [5.74, 6) is 0. The molecule has 0 aromatic heterocycles. The van der Waals surface area contributed by atoms with E-state index in [1.54, 1.807) is 0 Å². The molecule has 1 spiro atoms. The van der Waals surface area contributed by atoms with Crippen molar-refractivity contribution in [2.45, 2.75) is 50.7 Å². The van der Waals surface area contributed by atoms with Gasteiger partial charge in [-0.25, -0.2) is 0 Å². The van der Waals surface area contributed by atoms with Crippen LogP contribution in [0.4, 0.5) is 0 Å². The average molecular weight is 316 g/mol. The lowest BCUT2D eigenvalue weighted by Crippen LogP contribution is -2.55. The number of nitrogens with zero attached hydrogens (tertiary/aromatic N) is 2. The van der Waals surface area contributed by atoms with Gasteiger partial charge < -0.3 is 9.64 Å².